The van der Waals surface area contributed by atoms with Crippen molar-refractivity contribution in [2.45, 2.75) is 12.5 Å². The Balaban J connectivity index is 2.31. The Bertz CT molecular complexity index is 539. The number of aliphatic carboxylic acids is 1. The number of H-pyrrole nitrogens is 1. The third kappa shape index (κ3) is 2.70. The fourth-order valence-corrected chi connectivity index (χ4v) is 2.39. The molecule has 0 saturated heterocycles. The predicted molar refractivity (Wildman–Crippen MR) is 73.1 cm³/mol. The Morgan fingerprint density at radius 2 is 2.12 bits per heavy atom. The molecule has 0 bridgehead atoms. The third-order valence-corrected chi connectivity index (χ3v) is 3.60. The summed E-state index contributed by atoms with van der Waals surface area (Å²) in [5.74, 6) is -0.885. The van der Waals surface area contributed by atoms with E-state index in [0.717, 1.165) is 16.5 Å². The summed E-state index contributed by atoms with van der Waals surface area (Å²) in [4.78, 5) is 14.2. The van der Waals surface area contributed by atoms with Crippen LogP contribution in [0.15, 0.2) is 30.5 Å². The lowest BCUT2D eigenvalue weighted by Crippen LogP contribution is -2.30. The molecule has 1 unspecified atom stereocenters. The molecule has 0 radical (unpaired) electrons. The van der Waals surface area contributed by atoms with Gasteiger partial charge in [0, 0.05) is 55.8 Å². The third-order valence-electron chi connectivity index (χ3n) is 2.61. The van der Waals surface area contributed by atoms with Crippen molar-refractivity contribution in [3.63, 3.8) is 0 Å². The first-order chi connectivity index (χ1) is 8.09. The van der Waals surface area contributed by atoms with Crippen LogP contribution in [0.5, 0.6) is 0 Å². The van der Waals surface area contributed by atoms with Gasteiger partial charge in [-0.05, 0) is 11.6 Å². The number of rotatable bonds is 4. The van der Waals surface area contributed by atoms with Crippen LogP contribution >= 0.6 is 32.3 Å². The summed E-state index contributed by atoms with van der Waals surface area (Å²) in [6.07, 6.45) is 2.26. The summed E-state index contributed by atoms with van der Waals surface area (Å²) in [5.41, 5.74) is 2.00. The van der Waals surface area contributed by atoms with Crippen LogP contribution < -0.4 is 0 Å². The van der Waals surface area contributed by atoms with E-state index in [2.05, 4.69) is 37.3 Å². The molecule has 1 atom stereocenters. The van der Waals surface area contributed by atoms with E-state index in [1.54, 1.807) is 0 Å². The van der Waals surface area contributed by atoms with Crippen LogP contribution in [0.4, 0.5) is 0 Å². The van der Waals surface area contributed by atoms with Crippen molar-refractivity contribution >= 4 is 49.2 Å². The monoisotopic (exact) mass is 360 g/mol. The van der Waals surface area contributed by atoms with Crippen LogP contribution in [0.3, 0.4) is 0 Å². The first-order valence-electron chi connectivity index (χ1n) is 4.98. The Kier molecular flexibility index (Phi) is 3.86. The minimum absolute atomic E-state index is 0.413. The molecule has 0 aliphatic rings. The standard InChI is InChI=1S/C11H10Br2N2O2/c12-15(13)10(11(16)17)5-7-6-14-9-4-2-1-3-8(7)9/h1-4,6,10,14H,5H2,(H,16,17). The maximum absolute atomic E-state index is 11.1. The molecule has 0 aliphatic heterocycles. The molecular weight excluding hydrogens is 352 g/mol. The molecule has 0 saturated carbocycles. The first-order valence-corrected chi connectivity index (χ1v) is 6.40. The molecule has 90 valence electrons. The highest BCUT2D eigenvalue weighted by molar-refractivity contribution is 9.21. The SMILES string of the molecule is O=C(O)C(Cc1c[nH]c2ccccc12)N(Br)Br. The number of nitrogens with one attached hydrogen (secondary N) is 1. The summed E-state index contributed by atoms with van der Waals surface area (Å²) >= 11 is 6.22. The van der Waals surface area contributed by atoms with Crippen molar-refractivity contribution in [1.29, 1.82) is 0 Å². The van der Waals surface area contributed by atoms with E-state index < -0.39 is 12.0 Å². The maximum Gasteiger partial charge on any atom is 0.323 e. The van der Waals surface area contributed by atoms with Crippen LogP contribution in [0.25, 0.3) is 10.9 Å². The van der Waals surface area contributed by atoms with E-state index in [4.69, 9.17) is 5.11 Å². The Labute approximate surface area is 115 Å². The Morgan fingerprint density at radius 1 is 1.41 bits per heavy atom. The summed E-state index contributed by atoms with van der Waals surface area (Å²) in [6, 6.07) is 7.17. The number of carboxylic acids is 1. The maximum atomic E-state index is 11.1. The fraction of sp³-hybridized carbons (Fsp3) is 0.182. The van der Waals surface area contributed by atoms with Gasteiger partial charge in [-0.2, -0.15) is 2.95 Å². The van der Waals surface area contributed by atoms with Crippen LogP contribution in [-0.4, -0.2) is 25.1 Å². The first kappa shape index (κ1) is 12.6. The van der Waals surface area contributed by atoms with Gasteiger partial charge in [0.25, 0.3) is 0 Å². The van der Waals surface area contributed by atoms with E-state index in [9.17, 15) is 4.79 Å². The summed E-state index contributed by atoms with van der Waals surface area (Å²) in [7, 11) is 0. The Morgan fingerprint density at radius 3 is 2.76 bits per heavy atom. The molecule has 1 aromatic carbocycles. The normalized spacial score (nSPS) is 13.1. The van der Waals surface area contributed by atoms with Gasteiger partial charge < -0.3 is 10.1 Å². The number of hydrogen-bond donors (Lipinski definition) is 2. The average molecular weight is 362 g/mol. The largest absolute Gasteiger partial charge is 0.480 e. The van der Waals surface area contributed by atoms with E-state index in [0.29, 0.717) is 6.42 Å². The smallest absolute Gasteiger partial charge is 0.323 e. The number of aromatic nitrogens is 1. The molecule has 2 aromatic rings. The minimum Gasteiger partial charge on any atom is -0.480 e. The number of carbonyl (C=O) groups is 1. The number of hydrogen-bond acceptors (Lipinski definition) is 2. The molecule has 4 nitrogen and oxygen atoms in total. The number of carboxylic acid groups (broad SMARTS) is 1. The zero-order valence-electron chi connectivity index (χ0n) is 8.73. The van der Waals surface area contributed by atoms with Gasteiger partial charge in [0.1, 0.15) is 6.04 Å². The number of halogens is 2. The van der Waals surface area contributed by atoms with E-state index >= 15 is 0 Å². The van der Waals surface area contributed by atoms with Gasteiger partial charge in [-0.1, -0.05) is 18.2 Å². The molecule has 2 N–H and O–H groups in total. The number of para-hydroxylation sites is 1. The van der Waals surface area contributed by atoms with E-state index in [1.165, 1.54) is 2.95 Å². The van der Waals surface area contributed by atoms with Gasteiger partial charge in [-0.25, -0.2) is 0 Å². The Hall–Kier alpha value is -0.850. The van der Waals surface area contributed by atoms with Crippen LogP contribution in [0, 0.1) is 0 Å². The summed E-state index contributed by atoms with van der Waals surface area (Å²) in [6.45, 7) is 0. The molecule has 17 heavy (non-hydrogen) atoms. The number of nitrogens with zero attached hydrogens (tertiary/aromatic N) is 1. The number of fused-ring (bicyclic) bond motifs is 1. The second-order valence-corrected chi connectivity index (χ2v) is 6.16. The van der Waals surface area contributed by atoms with Gasteiger partial charge >= 0.3 is 5.97 Å². The molecule has 0 amide bonds. The van der Waals surface area contributed by atoms with Crippen LogP contribution in [0.2, 0.25) is 0 Å². The molecule has 1 aromatic heterocycles. The highest BCUT2D eigenvalue weighted by atomic mass is 79.9. The van der Waals surface area contributed by atoms with E-state index in [1.807, 2.05) is 30.5 Å². The number of benzene rings is 1. The van der Waals surface area contributed by atoms with Crippen molar-refractivity contribution in [1.82, 2.24) is 7.94 Å². The van der Waals surface area contributed by atoms with Crippen molar-refractivity contribution in [2.24, 2.45) is 0 Å². The average Bonchev–Trinajstić information content (AvgIpc) is 2.68. The van der Waals surface area contributed by atoms with Crippen LogP contribution in [-0.2, 0) is 11.2 Å². The molecule has 2 rings (SSSR count). The lowest BCUT2D eigenvalue weighted by molar-refractivity contribution is -0.139. The summed E-state index contributed by atoms with van der Waals surface area (Å²) in [5, 5.41) is 10.2. The molecule has 0 aliphatic carbocycles. The zero-order valence-corrected chi connectivity index (χ0v) is 11.9. The van der Waals surface area contributed by atoms with Gasteiger partial charge in [0.2, 0.25) is 0 Å². The van der Waals surface area contributed by atoms with Crippen molar-refractivity contribution in [2.75, 3.05) is 0 Å². The fourth-order valence-electron chi connectivity index (χ4n) is 1.75. The molecule has 1 heterocycles. The highest BCUT2D eigenvalue weighted by Crippen LogP contribution is 2.23. The topological polar surface area (TPSA) is 56.3 Å². The minimum atomic E-state index is -0.885. The number of aromatic amines is 1. The quantitative estimate of drug-likeness (QED) is 0.823. The second kappa shape index (κ2) is 5.20. The lowest BCUT2D eigenvalue weighted by atomic mass is 10.1. The zero-order chi connectivity index (χ0) is 12.4. The molecule has 0 spiro atoms. The summed E-state index contributed by atoms with van der Waals surface area (Å²) < 4.78 is 1.35. The van der Waals surface area contributed by atoms with Crippen molar-refractivity contribution in [3.8, 4) is 0 Å². The highest BCUT2D eigenvalue weighted by Gasteiger charge is 2.24. The molecular formula is C11H10Br2N2O2. The van der Waals surface area contributed by atoms with Gasteiger partial charge in [-0.15, -0.1) is 0 Å². The second-order valence-electron chi connectivity index (χ2n) is 3.68. The molecule has 6 heteroatoms. The van der Waals surface area contributed by atoms with Crippen molar-refractivity contribution < 1.29 is 9.90 Å². The van der Waals surface area contributed by atoms with Gasteiger partial charge in [0.05, 0.1) is 0 Å². The van der Waals surface area contributed by atoms with Crippen LogP contribution in [0.1, 0.15) is 5.56 Å². The van der Waals surface area contributed by atoms with E-state index in [-0.39, 0.29) is 0 Å². The molecule has 0 fully saturated rings. The van der Waals surface area contributed by atoms with Gasteiger partial charge in [0.15, 0.2) is 0 Å². The predicted octanol–water partition coefficient (Wildman–Crippen LogP) is 3.09. The lowest BCUT2D eigenvalue weighted by Gasteiger charge is -2.15. The van der Waals surface area contributed by atoms with Gasteiger partial charge in [-0.3, -0.25) is 4.79 Å². The van der Waals surface area contributed by atoms with Crippen molar-refractivity contribution in [3.05, 3.63) is 36.0 Å².